The zero-order valence-electron chi connectivity index (χ0n) is 7.97. The lowest BCUT2D eigenvalue weighted by Gasteiger charge is -2.12. The van der Waals surface area contributed by atoms with Crippen molar-refractivity contribution in [1.29, 1.82) is 0 Å². The predicted octanol–water partition coefficient (Wildman–Crippen LogP) is 2.13. The van der Waals surface area contributed by atoms with Crippen LogP contribution in [0.2, 0.25) is 0 Å². The molecule has 0 saturated carbocycles. The Morgan fingerprint density at radius 1 is 1.13 bits per heavy atom. The third-order valence-electron chi connectivity index (χ3n) is 2.18. The molecule has 1 atom stereocenters. The Hall–Kier alpha value is -1.01. The summed E-state index contributed by atoms with van der Waals surface area (Å²) in [5, 5.41) is 0. The maximum absolute atomic E-state index is 6.13. The monoisotopic (exact) mass is 311 g/mol. The van der Waals surface area contributed by atoms with Crippen molar-refractivity contribution in [2.45, 2.75) is 6.04 Å². The average Bonchev–Trinajstić information content (AvgIpc) is 2.30. The molecular weight excluding hydrogens is 301 g/mol. The molecule has 2 rings (SSSR count). The summed E-state index contributed by atoms with van der Waals surface area (Å²) in [5.41, 5.74) is 8.17. The van der Waals surface area contributed by atoms with Crippen LogP contribution in [0.25, 0.3) is 0 Å². The summed E-state index contributed by atoms with van der Waals surface area (Å²) in [4.78, 5) is 7.93. The quantitative estimate of drug-likeness (QED) is 0.865. The molecule has 3 nitrogen and oxygen atoms in total. The molecule has 2 aromatic rings. The van der Waals surface area contributed by atoms with Gasteiger partial charge in [0.05, 0.1) is 6.04 Å². The Kier molecular flexibility index (Phi) is 3.27. The van der Waals surface area contributed by atoms with Gasteiger partial charge in [-0.15, -0.1) is 0 Å². The van der Waals surface area contributed by atoms with Crippen LogP contribution in [-0.2, 0) is 0 Å². The van der Waals surface area contributed by atoms with E-state index in [2.05, 4.69) is 32.6 Å². The van der Waals surface area contributed by atoms with Gasteiger partial charge in [-0.25, -0.2) is 9.97 Å². The van der Waals surface area contributed by atoms with Gasteiger partial charge in [0.25, 0.3) is 0 Å². The minimum Gasteiger partial charge on any atom is -0.320 e. The first kappa shape index (κ1) is 10.5. The van der Waals surface area contributed by atoms with Crippen LogP contribution < -0.4 is 5.73 Å². The predicted molar refractivity (Wildman–Crippen MR) is 67.2 cm³/mol. The third-order valence-corrected chi connectivity index (χ3v) is 3.16. The van der Waals surface area contributed by atoms with E-state index in [-0.39, 0.29) is 6.04 Å². The number of rotatable bonds is 2. The maximum Gasteiger partial charge on any atom is 0.115 e. The van der Waals surface area contributed by atoms with Gasteiger partial charge in [-0.3, -0.25) is 0 Å². The fourth-order valence-corrected chi connectivity index (χ4v) is 2.10. The topological polar surface area (TPSA) is 51.8 Å². The summed E-state index contributed by atoms with van der Waals surface area (Å²) in [5.74, 6) is 0. The highest BCUT2D eigenvalue weighted by atomic mass is 127. The number of hydrogen-bond acceptors (Lipinski definition) is 3. The molecule has 0 saturated heterocycles. The smallest absolute Gasteiger partial charge is 0.115 e. The second-order valence-corrected chi connectivity index (χ2v) is 4.33. The zero-order valence-corrected chi connectivity index (χ0v) is 10.1. The molecule has 76 valence electrons. The summed E-state index contributed by atoms with van der Waals surface area (Å²) in [6, 6.07) is 7.90. The van der Waals surface area contributed by atoms with Crippen LogP contribution in [0.5, 0.6) is 0 Å². The highest BCUT2D eigenvalue weighted by molar-refractivity contribution is 14.1. The summed E-state index contributed by atoms with van der Waals surface area (Å²) >= 11 is 2.28. The summed E-state index contributed by atoms with van der Waals surface area (Å²) in [7, 11) is 0. The molecule has 0 radical (unpaired) electrons. The van der Waals surface area contributed by atoms with Crippen LogP contribution in [0, 0.1) is 3.57 Å². The number of nitrogens with two attached hydrogens (primary N) is 1. The van der Waals surface area contributed by atoms with E-state index in [9.17, 15) is 0 Å². The SMILES string of the molecule is NC(c1cncnc1)c1ccccc1I. The van der Waals surface area contributed by atoms with E-state index in [1.807, 2.05) is 24.3 Å². The molecule has 2 N–H and O–H groups in total. The fourth-order valence-electron chi connectivity index (χ4n) is 1.38. The van der Waals surface area contributed by atoms with E-state index in [1.54, 1.807) is 12.4 Å². The minimum atomic E-state index is -0.153. The van der Waals surface area contributed by atoms with Gasteiger partial charge in [-0.05, 0) is 34.2 Å². The summed E-state index contributed by atoms with van der Waals surface area (Å²) in [6.07, 6.45) is 5.01. The molecule has 0 spiro atoms. The fraction of sp³-hybridized carbons (Fsp3) is 0.0909. The van der Waals surface area contributed by atoms with E-state index >= 15 is 0 Å². The zero-order chi connectivity index (χ0) is 10.7. The Balaban J connectivity index is 2.37. The van der Waals surface area contributed by atoms with Gasteiger partial charge in [-0.1, -0.05) is 18.2 Å². The van der Waals surface area contributed by atoms with Gasteiger partial charge in [0.2, 0.25) is 0 Å². The second-order valence-electron chi connectivity index (χ2n) is 3.17. The van der Waals surface area contributed by atoms with E-state index in [0.717, 1.165) is 14.7 Å². The summed E-state index contributed by atoms with van der Waals surface area (Å²) < 4.78 is 1.16. The molecule has 0 fully saturated rings. The van der Waals surface area contributed by atoms with Gasteiger partial charge < -0.3 is 5.73 Å². The van der Waals surface area contributed by atoms with E-state index in [1.165, 1.54) is 6.33 Å². The van der Waals surface area contributed by atoms with Gasteiger partial charge in [0.1, 0.15) is 6.33 Å². The van der Waals surface area contributed by atoms with Gasteiger partial charge in [-0.2, -0.15) is 0 Å². The van der Waals surface area contributed by atoms with Gasteiger partial charge in [0, 0.05) is 21.5 Å². The minimum absolute atomic E-state index is 0.153. The molecule has 4 heteroatoms. The van der Waals surface area contributed by atoms with Crippen molar-refractivity contribution in [2.24, 2.45) is 5.73 Å². The van der Waals surface area contributed by atoms with Crippen molar-refractivity contribution in [3.63, 3.8) is 0 Å². The van der Waals surface area contributed by atoms with E-state index in [4.69, 9.17) is 5.73 Å². The molecule has 0 amide bonds. The van der Waals surface area contributed by atoms with Gasteiger partial charge >= 0.3 is 0 Å². The van der Waals surface area contributed by atoms with Crippen LogP contribution in [-0.4, -0.2) is 9.97 Å². The van der Waals surface area contributed by atoms with Crippen LogP contribution in [0.1, 0.15) is 17.2 Å². The highest BCUT2D eigenvalue weighted by Gasteiger charge is 2.11. The standard InChI is InChI=1S/C11H10IN3/c12-10-4-2-1-3-9(10)11(13)8-5-14-7-15-6-8/h1-7,11H,13H2. The van der Waals surface area contributed by atoms with Crippen molar-refractivity contribution < 1.29 is 0 Å². The first-order valence-electron chi connectivity index (χ1n) is 4.54. The van der Waals surface area contributed by atoms with E-state index < -0.39 is 0 Å². The molecule has 1 unspecified atom stereocenters. The molecule has 0 aliphatic heterocycles. The van der Waals surface area contributed by atoms with Crippen LogP contribution in [0.15, 0.2) is 43.0 Å². The van der Waals surface area contributed by atoms with Crippen LogP contribution in [0.3, 0.4) is 0 Å². The second kappa shape index (κ2) is 4.67. The van der Waals surface area contributed by atoms with Crippen LogP contribution >= 0.6 is 22.6 Å². The number of halogens is 1. The van der Waals surface area contributed by atoms with Gasteiger partial charge in [0.15, 0.2) is 0 Å². The van der Waals surface area contributed by atoms with Crippen molar-refractivity contribution in [2.75, 3.05) is 0 Å². The molecule has 15 heavy (non-hydrogen) atoms. The van der Waals surface area contributed by atoms with Crippen molar-refractivity contribution in [1.82, 2.24) is 9.97 Å². The number of aromatic nitrogens is 2. The largest absolute Gasteiger partial charge is 0.320 e. The lowest BCUT2D eigenvalue weighted by atomic mass is 10.0. The number of hydrogen-bond donors (Lipinski definition) is 1. The van der Waals surface area contributed by atoms with Crippen molar-refractivity contribution in [3.05, 3.63) is 57.7 Å². The lowest BCUT2D eigenvalue weighted by molar-refractivity contribution is 0.845. The Labute approximate surface area is 102 Å². The first-order chi connectivity index (χ1) is 7.29. The Morgan fingerprint density at radius 3 is 2.47 bits per heavy atom. The molecule has 1 aromatic carbocycles. The molecule has 0 aliphatic rings. The summed E-state index contributed by atoms with van der Waals surface area (Å²) in [6.45, 7) is 0. The molecular formula is C11H10IN3. The maximum atomic E-state index is 6.13. The Morgan fingerprint density at radius 2 is 1.80 bits per heavy atom. The van der Waals surface area contributed by atoms with E-state index in [0.29, 0.717) is 0 Å². The highest BCUT2D eigenvalue weighted by Crippen LogP contribution is 2.22. The number of nitrogens with zero attached hydrogens (tertiary/aromatic N) is 2. The normalized spacial score (nSPS) is 12.4. The first-order valence-corrected chi connectivity index (χ1v) is 5.62. The lowest BCUT2D eigenvalue weighted by Crippen LogP contribution is -2.13. The molecule has 1 aromatic heterocycles. The third kappa shape index (κ3) is 2.32. The average molecular weight is 311 g/mol. The molecule has 0 bridgehead atoms. The number of benzene rings is 1. The molecule has 1 heterocycles. The van der Waals surface area contributed by atoms with Crippen molar-refractivity contribution >= 4 is 22.6 Å². The molecule has 0 aliphatic carbocycles. The Bertz CT molecular complexity index is 445. The van der Waals surface area contributed by atoms with Crippen LogP contribution in [0.4, 0.5) is 0 Å². The van der Waals surface area contributed by atoms with Crippen molar-refractivity contribution in [3.8, 4) is 0 Å².